The first-order valence-electron chi connectivity index (χ1n) is 8.17. The second-order valence-electron chi connectivity index (χ2n) is 5.84. The minimum absolute atomic E-state index is 0.497. The summed E-state index contributed by atoms with van der Waals surface area (Å²) in [6.45, 7) is 6.44. The van der Waals surface area contributed by atoms with Crippen LogP contribution >= 0.6 is 11.8 Å². The number of nitrogens with zero attached hydrogens (tertiary/aromatic N) is 1. The summed E-state index contributed by atoms with van der Waals surface area (Å²) in [5, 5.41) is 6.88. The molecule has 0 aliphatic heterocycles. The van der Waals surface area contributed by atoms with Crippen molar-refractivity contribution in [3.63, 3.8) is 0 Å². The highest BCUT2D eigenvalue weighted by molar-refractivity contribution is 7.98. The maximum Gasteiger partial charge on any atom is 0.190 e. The van der Waals surface area contributed by atoms with Crippen molar-refractivity contribution < 1.29 is 0 Å². The maximum atomic E-state index is 4.32. The van der Waals surface area contributed by atoms with E-state index in [2.05, 4.69) is 66.1 Å². The standard InChI is InChI=1S/C18H31N3S/c1-15(2)17(16-10-6-5-7-11-16)14-21-18(19-3)20-12-8-9-13-22-4/h5-7,10-11,15,17H,8-9,12-14H2,1-4H3,(H2,19,20,21). The molecule has 0 radical (unpaired) electrons. The second-order valence-corrected chi connectivity index (χ2v) is 6.83. The van der Waals surface area contributed by atoms with Gasteiger partial charge >= 0.3 is 0 Å². The molecule has 1 aromatic carbocycles. The lowest BCUT2D eigenvalue weighted by atomic mass is 9.88. The van der Waals surface area contributed by atoms with E-state index in [0.29, 0.717) is 11.8 Å². The molecule has 0 spiro atoms. The Morgan fingerprint density at radius 1 is 1.14 bits per heavy atom. The van der Waals surface area contributed by atoms with E-state index >= 15 is 0 Å². The predicted molar refractivity (Wildman–Crippen MR) is 101 cm³/mol. The molecule has 0 aliphatic carbocycles. The number of nitrogens with one attached hydrogen (secondary N) is 2. The van der Waals surface area contributed by atoms with Gasteiger partial charge in [-0.05, 0) is 36.3 Å². The molecule has 1 rings (SSSR count). The summed E-state index contributed by atoms with van der Waals surface area (Å²) in [5.41, 5.74) is 1.39. The van der Waals surface area contributed by atoms with Crippen molar-refractivity contribution in [2.45, 2.75) is 32.6 Å². The third kappa shape index (κ3) is 7.21. The summed E-state index contributed by atoms with van der Waals surface area (Å²) in [5.74, 6) is 3.23. The van der Waals surface area contributed by atoms with Crippen LogP contribution in [0.25, 0.3) is 0 Å². The van der Waals surface area contributed by atoms with E-state index in [1.54, 1.807) is 0 Å². The van der Waals surface area contributed by atoms with Gasteiger partial charge in [0, 0.05) is 26.1 Å². The van der Waals surface area contributed by atoms with Crippen LogP contribution in [0.3, 0.4) is 0 Å². The minimum Gasteiger partial charge on any atom is -0.356 e. The zero-order valence-corrected chi connectivity index (χ0v) is 15.2. The number of hydrogen-bond donors (Lipinski definition) is 2. The van der Waals surface area contributed by atoms with Crippen molar-refractivity contribution in [1.82, 2.24) is 10.6 Å². The van der Waals surface area contributed by atoms with Gasteiger partial charge in [0.2, 0.25) is 0 Å². The van der Waals surface area contributed by atoms with Gasteiger partial charge in [-0.2, -0.15) is 11.8 Å². The minimum atomic E-state index is 0.497. The van der Waals surface area contributed by atoms with E-state index < -0.39 is 0 Å². The van der Waals surface area contributed by atoms with E-state index in [9.17, 15) is 0 Å². The van der Waals surface area contributed by atoms with Crippen LogP contribution in [0.4, 0.5) is 0 Å². The fourth-order valence-corrected chi connectivity index (χ4v) is 2.94. The Bertz CT molecular complexity index is 418. The molecule has 1 atom stereocenters. The second kappa shape index (κ2) is 11.4. The van der Waals surface area contributed by atoms with Crippen LogP contribution in [0, 0.1) is 5.92 Å². The predicted octanol–water partition coefficient (Wildman–Crippen LogP) is 3.73. The molecular formula is C18H31N3S. The normalized spacial score (nSPS) is 13.2. The molecule has 22 heavy (non-hydrogen) atoms. The molecule has 1 unspecified atom stereocenters. The maximum absolute atomic E-state index is 4.32. The third-order valence-corrected chi connectivity index (χ3v) is 4.51. The summed E-state index contributed by atoms with van der Waals surface area (Å²) < 4.78 is 0. The number of unbranched alkanes of at least 4 members (excludes halogenated alkanes) is 1. The number of rotatable bonds is 9. The highest BCUT2D eigenvalue weighted by atomic mass is 32.2. The summed E-state index contributed by atoms with van der Waals surface area (Å²) in [6.07, 6.45) is 4.60. The molecule has 0 amide bonds. The van der Waals surface area contributed by atoms with E-state index in [0.717, 1.165) is 19.0 Å². The highest BCUT2D eigenvalue weighted by Crippen LogP contribution is 2.23. The lowest BCUT2D eigenvalue weighted by molar-refractivity contribution is 0.488. The average molecular weight is 322 g/mol. The molecule has 2 N–H and O–H groups in total. The van der Waals surface area contributed by atoms with E-state index in [-0.39, 0.29) is 0 Å². The Morgan fingerprint density at radius 3 is 2.45 bits per heavy atom. The van der Waals surface area contributed by atoms with Crippen LogP contribution in [0.5, 0.6) is 0 Å². The number of aliphatic imine (C=N–C) groups is 1. The van der Waals surface area contributed by atoms with E-state index in [1.807, 2.05) is 18.8 Å². The lowest BCUT2D eigenvalue weighted by Crippen LogP contribution is -2.40. The first kappa shape index (κ1) is 18.9. The number of thioether (sulfide) groups is 1. The fraction of sp³-hybridized carbons (Fsp3) is 0.611. The van der Waals surface area contributed by atoms with Gasteiger partial charge in [-0.25, -0.2) is 0 Å². The zero-order chi connectivity index (χ0) is 16.2. The third-order valence-electron chi connectivity index (χ3n) is 3.81. The van der Waals surface area contributed by atoms with Crippen molar-refractivity contribution in [3.8, 4) is 0 Å². The van der Waals surface area contributed by atoms with Crippen molar-refractivity contribution in [2.24, 2.45) is 10.9 Å². The van der Waals surface area contributed by atoms with Crippen molar-refractivity contribution in [1.29, 1.82) is 0 Å². The van der Waals surface area contributed by atoms with Gasteiger partial charge in [0.25, 0.3) is 0 Å². The Balaban J connectivity index is 2.43. The summed E-state index contributed by atoms with van der Waals surface area (Å²) in [7, 11) is 1.84. The van der Waals surface area contributed by atoms with Gasteiger partial charge in [0.05, 0.1) is 0 Å². The largest absolute Gasteiger partial charge is 0.356 e. The van der Waals surface area contributed by atoms with Crippen molar-refractivity contribution >= 4 is 17.7 Å². The van der Waals surface area contributed by atoms with Gasteiger partial charge in [0.15, 0.2) is 5.96 Å². The van der Waals surface area contributed by atoms with Gasteiger partial charge in [-0.15, -0.1) is 0 Å². The first-order chi connectivity index (χ1) is 10.7. The Kier molecular flexibility index (Phi) is 9.80. The number of guanidine groups is 1. The SMILES string of the molecule is CN=C(NCCCCSC)NCC(c1ccccc1)C(C)C. The molecule has 0 bridgehead atoms. The summed E-state index contributed by atoms with van der Waals surface area (Å²) >= 11 is 1.91. The smallest absolute Gasteiger partial charge is 0.190 e. The van der Waals surface area contributed by atoms with Crippen LogP contribution in [-0.2, 0) is 0 Å². The van der Waals surface area contributed by atoms with Crippen LogP contribution in [0.1, 0.15) is 38.2 Å². The topological polar surface area (TPSA) is 36.4 Å². The molecule has 0 fully saturated rings. The Morgan fingerprint density at radius 2 is 1.86 bits per heavy atom. The van der Waals surface area contributed by atoms with Crippen LogP contribution < -0.4 is 10.6 Å². The monoisotopic (exact) mass is 321 g/mol. The number of hydrogen-bond acceptors (Lipinski definition) is 2. The Labute approximate surface area is 140 Å². The summed E-state index contributed by atoms with van der Waals surface area (Å²) in [4.78, 5) is 4.32. The first-order valence-corrected chi connectivity index (χ1v) is 9.56. The van der Waals surface area contributed by atoms with Crippen LogP contribution in [0.15, 0.2) is 35.3 Å². The molecule has 4 heteroatoms. The quantitative estimate of drug-likeness (QED) is 0.413. The number of benzene rings is 1. The average Bonchev–Trinajstić information content (AvgIpc) is 2.53. The zero-order valence-electron chi connectivity index (χ0n) is 14.4. The van der Waals surface area contributed by atoms with Gasteiger partial charge < -0.3 is 10.6 Å². The van der Waals surface area contributed by atoms with Crippen molar-refractivity contribution in [3.05, 3.63) is 35.9 Å². The van der Waals surface area contributed by atoms with Gasteiger partial charge in [-0.1, -0.05) is 44.2 Å². The summed E-state index contributed by atoms with van der Waals surface area (Å²) in [6, 6.07) is 10.7. The molecular weight excluding hydrogens is 290 g/mol. The van der Waals surface area contributed by atoms with Crippen LogP contribution in [-0.4, -0.2) is 38.1 Å². The van der Waals surface area contributed by atoms with Gasteiger partial charge in [0.1, 0.15) is 0 Å². The lowest BCUT2D eigenvalue weighted by Gasteiger charge is -2.23. The molecule has 0 heterocycles. The highest BCUT2D eigenvalue weighted by Gasteiger charge is 2.15. The van der Waals surface area contributed by atoms with Gasteiger partial charge in [-0.3, -0.25) is 4.99 Å². The Hall–Kier alpha value is -1.16. The molecule has 3 nitrogen and oxygen atoms in total. The van der Waals surface area contributed by atoms with E-state index in [1.165, 1.54) is 24.2 Å². The van der Waals surface area contributed by atoms with Crippen molar-refractivity contribution in [2.75, 3.05) is 32.1 Å². The molecule has 0 saturated carbocycles. The molecule has 0 aliphatic rings. The van der Waals surface area contributed by atoms with Crippen LogP contribution in [0.2, 0.25) is 0 Å². The molecule has 0 aromatic heterocycles. The van der Waals surface area contributed by atoms with E-state index in [4.69, 9.17) is 0 Å². The molecule has 1 aromatic rings. The molecule has 124 valence electrons. The fourth-order valence-electron chi connectivity index (χ4n) is 2.44. The molecule has 0 saturated heterocycles.